The van der Waals surface area contributed by atoms with Gasteiger partial charge in [0.2, 0.25) is 17.7 Å². The van der Waals surface area contributed by atoms with Gasteiger partial charge in [-0.1, -0.05) is 61.7 Å². The van der Waals surface area contributed by atoms with Gasteiger partial charge in [-0.15, -0.1) is 0 Å². The Morgan fingerprint density at radius 3 is 2.23 bits per heavy atom. The number of fused-ring (bicyclic) bond motifs is 1. The lowest BCUT2D eigenvalue weighted by molar-refractivity contribution is -0.143. The number of piperazine rings is 1. The van der Waals surface area contributed by atoms with Crippen LogP contribution in [0, 0.1) is 23.4 Å². The van der Waals surface area contributed by atoms with Crippen molar-refractivity contribution >= 4 is 40.3 Å². The molecule has 4 atom stereocenters. The highest BCUT2D eigenvalue weighted by Gasteiger charge is 2.39. The lowest BCUT2D eigenvalue weighted by Crippen LogP contribution is -2.57. The fourth-order valence-corrected chi connectivity index (χ4v) is 12.8. The van der Waals surface area contributed by atoms with Gasteiger partial charge in [0.15, 0.2) is 0 Å². The topological polar surface area (TPSA) is 181 Å². The van der Waals surface area contributed by atoms with Crippen LogP contribution in [0.3, 0.4) is 0 Å². The third kappa shape index (κ3) is 14.0. The van der Waals surface area contributed by atoms with E-state index in [0.717, 1.165) is 69.4 Å². The molecule has 5 aliphatic rings. The first-order valence-corrected chi connectivity index (χ1v) is 29.1. The number of benzene rings is 4. The molecule has 1 saturated carbocycles. The van der Waals surface area contributed by atoms with Gasteiger partial charge in [-0.3, -0.25) is 33.7 Å². The summed E-state index contributed by atoms with van der Waals surface area (Å²) in [7, 11) is 0. The molecule has 1 aromatic heterocycles. The molecule has 1 aliphatic carbocycles. The zero-order chi connectivity index (χ0) is 56.6. The van der Waals surface area contributed by atoms with E-state index in [9.17, 15) is 37.5 Å². The molecule has 0 unspecified atom stereocenters. The van der Waals surface area contributed by atoms with Gasteiger partial charge in [-0.25, -0.2) is 18.3 Å². The number of carbonyl (C=O) groups is 5. The van der Waals surface area contributed by atoms with Gasteiger partial charge in [-0.05, 0) is 112 Å². The summed E-state index contributed by atoms with van der Waals surface area (Å²) in [6.07, 6.45) is 9.70. The van der Waals surface area contributed by atoms with E-state index in [1.54, 1.807) is 45.0 Å². The van der Waals surface area contributed by atoms with Gasteiger partial charge in [0.1, 0.15) is 23.5 Å². The number of aromatic nitrogens is 2. The Bertz CT molecular complexity index is 3140. The molecule has 430 valence electrons. The number of piperidine rings is 3. The number of nitrogens with zero attached hydrogens (tertiary/aromatic N) is 6. The molecule has 4 aromatic carbocycles. The number of ether oxygens (including phenoxy) is 1. The highest BCUT2D eigenvalue weighted by molar-refractivity contribution is 5.98. The number of amides is 5. The number of likely N-dealkylation sites (tertiary alicyclic amines) is 3. The summed E-state index contributed by atoms with van der Waals surface area (Å²) in [6.45, 7) is 6.70. The van der Waals surface area contributed by atoms with Crippen molar-refractivity contribution in [1.82, 2.24) is 45.3 Å². The summed E-state index contributed by atoms with van der Waals surface area (Å²) in [6, 6.07) is 21.7. The van der Waals surface area contributed by atoms with Crippen molar-refractivity contribution in [1.29, 1.82) is 0 Å². The Morgan fingerprint density at radius 1 is 0.716 bits per heavy atom. The normalized spacial score (nSPS) is 21.0. The van der Waals surface area contributed by atoms with Crippen LogP contribution in [0.5, 0.6) is 0 Å². The average molecular weight is 1110 g/mol. The van der Waals surface area contributed by atoms with Gasteiger partial charge in [0, 0.05) is 106 Å². The minimum absolute atomic E-state index is 0.00830. The maximum absolute atomic E-state index is 15.2. The van der Waals surface area contributed by atoms with E-state index in [-0.39, 0.29) is 103 Å². The summed E-state index contributed by atoms with van der Waals surface area (Å²) in [5.74, 6) is -2.80. The molecular weight excluding hydrogens is 1040 g/mol. The number of hydrogen-bond acceptors (Lipinski definition) is 10. The number of halogens is 3. The molecule has 81 heavy (non-hydrogen) atoms. The third-order valence-electron chi connectivity index (χ3n) is 17.4. The van der Waals surface area contributed by atoms with E-state index in [2.05, 4.69) is 32.7 Å². The van der Waals surface area contributed by atoms with Crippen LogP contribution in [0.15, 0.2) is 89.7 Å². The van der Waals surface area contributed by atoms with Crippen molar-refractivity contribution in [3.63, 3.8) is 0 Å². The van der Waals surface area contributed by atoms with Gasteiger partial charge in [0.25, 0.3) is 17.4 Å². The Balaban J connectivity index is 0.661. The minimum Gasteiger partial charge on any atom is -0.375 e. The van der Waals surface area contributed by atoms with E-state index < -0.39 is 29.4 Å². The van der Waals surface area contributed by atoms with E-state index >= 15 is 4.39 Å². The van der Waals surface area contributed by atoms with Gasteiger partial charge < -0.3 is 35.0 Å². The van der Waals surface area contributed by atoms with Gasteiger partial charge in [0.05, 0.1) is 41.9 Å². The fraction of sp³-hybridized carbons (Fsp3) is 0.500. The van der Waals surface area contributed by atoms with Crippen molar-refractivity contribution in [3.8, 4) is 0 Å². The first-order chi connectivity index (χ1) is 39.2. The molecule has 0 bridgehead atoms. The molecule has 19 heteroatoms. The van der Waals surface area contributed by atoms with Crippen molar-refractivity contribution in [2.24, 2.45) is 5.92 Å². The molecule has 4 saturated heterocycles. The quantitative estimate of drug-likeness (QED) is 0.0936. The first kappa shape index (κ1) is 57.3. The van der Waals surface area contributed by atoms with Gasteiger partial charge >= 0.3 is 0 Å². The van der Waals surface area contributed by atoms with E-state index in [0.29, 0.717) is 92.7 Å². The average Bonchev–Trinajstić information content (AvgIpc) is 3.49. The van der Waals surface area contributed by atoms with Crippen molar-refractivity contribution in [3.05, 3.63) is 146 Å². The second-order valence-electron chi connectivity index (χ2n) is 22.8. The molecular formula is C62H74F3N9O7. The van der Waals surface area contributed by atoms with Crippen LogP contribution in [-0.4, -0.2) is 161 Å². The third-order valence-corrected chi connectivity index (χ3v) is 17.4. The van der Waals surface area contributed by atoms with Crippen LogP contribution in [0.25, 0.3) is 10.8 Å². The van der Waals surface area contributed by atoms with E-state index in [4.69, 9.17) is 4.74 Å². The fourth-order valence-electron chi connectivity index (χ4n) is 12.8. The summed E-state index contributed by atoms with van der Waals surface area (Å²) in [4.78, 5) is 90.8. The predicted molar refractivity (Wildman–Crippen MR) is 300 cm³/mol. The second-order valence-corrected chi connectivity index (χ2v) is 22.8. The molecule has 16 nitrogen and oxygen atoms in total. The first-order valence-electron chi connectivity index (χ1n) is 29.1. The zero-order valence-electron chi connectivity index (χ0n) is 46.2. The molecule has 5 amide bonds. The number of aromatic amines is 1. The predicted octanol–water partition coefficient (Wildman–Crippen LogP) is 6.95. The molecule has 0 radical (unpaired) electrons. The van der Waals surface area contributed by atoms with Crippen LogP contribution in [0.1, 0.15) is 127 Å². The summed E-state index contributed by atoms with van der Waals surface area (Å²) in [5.41, 5.74) is 2.66. The lowest BCUT2D eigenvalue weighted by Gasteiger charge is -2.42. The molecule has 5 aromatic rings. The lowest BCUT2D eigenvalue weighted by atomic mass is 9.82. The standard InChI is InChI=1S/C62H74F3N9O7/c1-40-31-49(81-48-20-24-70(25-21-48)39-57(76)71-27-29-72(30-28-71)61(79)52-32-41(16-19-53(52)64)33-55-50-14-5-6-15-51(50)60(78)69-68-55)22-26-74(40)62(80)58(42-9-3-2-4-10-42)67-59(77)44-12-7-11-43(34-44)46-13-8-23-73(38-46)56(75)37-66-36-45-17-18-47(63)35-54(45)65/h5-7,11-12,14-19,32,34-35,40,42,46,48-49,58,66H,2-4,8-10,13,20-31,33,36-39H2,1H3,(H,67,77)(H,69,78)/t40-,46+,49-,58+/m0/s1. The van der Waals surface area contributed by atoms with Crippen LogP contribution < -0.4 is 16.2 Å². The Labute approximate surface area is 470 Å². The number of H-pyrrole nitrogens is 1. The molecule has 0 spiro atoms. The van der Waals surface area contributed by atoms with Crippen molar-refractivity contribution in [2.45, 2.75) is 121 Å². The Kier molecular flexibility index (Phi) is 18.6. The SMILES string of the molecule is C[C@H]1C[C@@H](OC2CCN(CC(=O)N3CCN(C(=O)c4cc(Cc5n[nH]c(=O)c6ccccc56)ccc4F)CC3)CC2)CCN1C(=O)[C@H](NC(=O)c1cccc([C@@H]2CCCN(C(=O)CNCc3ccc(F)cc3F)C2)c1)C1CCCCC1. The van der Waals surface area contributed by atoms with E-state index in [1.165, 1.54) is 18.2 Å². The second kappa shape index (κ2) is 26.3. The molecule has 10 rings (SSSR count). The number of rotatable bonds is 16. The maximum atomic E-state index is 15.2. The molecule has 4 aliphatic heterocycles. The Morgan fingerprint density at radius 2 is 1.47 bits per heavy atom. The van der Waals surface area contributed by atoms with Crippen molar-refractivity contribution in [2.75, 3.05) is 72.0 Å². The van der Waals surface area contributed by atoms with Crippen LogP contribution >= 0.6 is 0 Å². The largest absolute Gasteiger partial charge is 0.375 e. The minimum atomic E-state index is -0.662. The summed E-state index contributed by atoms with van der Waals surface area (Å²) < 4.78 is 49.4. The number of carbonyl (C=O) groups excluding carboxylic acids is 5. The molecule has 5 heterocycles. The zero-order valence-corrected chi connectivity index (χ0v) is 46.2. The Hall–Kier alpha value is -6.96. The summed E-state index contributed by atoms with van der Waals surface area (Å²) in [5, 5.41) is 14.2. The molecule has 5 fully saturated rings. The smallest absolute Gasteiger partial charge is 0.272 e. The number of hydrogen-bond donors (Lipinski definition) is 3. The van der Waals surface area contributed by atoms with Crippen LogP contribution in [0.2, 0.25) is 0 Å². The number of nitrogens with one attached hydrogen (secondary N) is 3. The van der Waals surface area contributed by atoms with E-state index in [1.807, 2.05) is 35.2 Å². The maximum Gasteiger partial charge on any atom is 0.272 e. The highest BCUT2D eigenvalue weighted by Crippen LogP contribution is 2.32. The summed E-state index contributed by atoms with van der Waals surface area (Å²) >= 11 is 0. The highest BCUT2D eigenvalue weighted by atomic mass is 19.1. The van der Waals surface area contributed by atoms with Gasteiger partial charge in [-0.2, -0.15) is 5.10 Å². The monoisotopic (exact) mass is 1110 g/mol. The van der Waals surface area contributed by atoms with Crippen LogP contribution in [0.4, 0.5) is 13.2 Å². The van der Waals surface area contributed by atoms with Crippen molar-refractivity contribution < 1.29 is 41.9 Å². The molecule has 3 N–H and O–H groups in total. The van der Waals surface area contributed by atoms with Crippen LogP contribution in [-0.2, 0) is 32.1 Å².